The molecule has 1 aromatic heterocycles. The molecule has 5 nitrogen and oxygen atoms in total. The Morgan fingerprint density at radius 2 is 2.24 bits per heavy atom. The Morgan fingerprint density at radius 1 is 1.48 bits per heavy atom. The van der Waals surface area contributed by atoms with E-state index in [9.17, 15) is 9.18 Å². The highest BCUT2D eigenvalue weighted by Gasteiger charge is 2.17. The van der Waals surface area contributed by atoms with Crippen LogP contribution in [0.5, 0.6) is 5.75 Å². The van der Waals surface area contributed by atoms with Crippen LogP contribution in [0.4, 0.5) is 4.39 Å². The summed E-state index contributed by atoms with van der Waals surface area (Å²) in [6.07, 6.45) is 1.54. The molecule has 112 valence electrons. The first-order chi connectivity index (χ1) is 10.2. The van der Waals surface area contributed by atoms with Gasteiger partial charge in [0, 0.05) is 0 Å². The standard InChI is InChI=1S/C14H16FN3O2S/c1-2-5-10-13(14(19)18-16)21-12(17-10)8-20-11-7-4-3-6-9(11)15/h3-4,6-7H,2,5,8,16H2,1H3,(H,18,19). The molecule has 0 fully saturated rings. The Morgan fingerprint density at radius 3 is 2.90 bits per heavy atom. The number of hydrogen-bond donors (Lipinski definition) is 2. The number of para-hydroxylation sites is 1. The number of nitrogen functional groups attached to an aromatic ring is 1. The van der Waals surface area contributed by atoms with Crippen LogP contribution in [0.3, 0.4) is 0 Å². The molecule has 3 N–H and O–H groups in total. The van der Waals surface area contributed by atoms with Crippen molar-refractivity contribution in [1.82, 2.24) is 10.4 Å². The molecule has 7 heteroatoms. The number of nitrogens with one attached hydrogen (secondary N) is 1. The molecule has 0 unspecified atom stereocenters. The number of benzene rings is 1. The van der Waals surface area contributed by atoms with E-state index < -0.39 is 5.82 Å². The Hall–Kier alpha value is -1.99. The molecule has 0 aliphatic rings. The van der Waals surface area contributed by atoms with Crippen LogP contribution in [0.1, 0.15) is 33.7 Å². The van der Waals surface area contributed by atoms with Crippen molar-refractivity contribution in [3.05, 3.63) is 45.7 Å². The van der Waals surface area contributed by atoms with Gasteiger partial charge in [-0.05, 0) is 18.6 Å². The van der Waals surface area contributed by atoms with Crippen LogP contribution in [-0.4, -0.2) is 10.9 Å². The first-order valence-corrected chi connectivity index (χ1v) is 7.34. The minimum absolute atomic E-state index is 0.111. The molecule has 0 saturated heterocycles. The fraction of sp³-hybridized carbons (Fsp3) is 0.286. The molecule has 0 radical (unpaired) electrons. The van der Waals surface area contributed by atoms with Crippen molar-refractivity contribution >= 4 is 17.2 Å². The van der Waals surface area contributed by atoms with Crippen LogP contribution >= 0.6 is 11.3 Å². The second kappa shape index (κ2) is 7.14. The number of hydrogen-bond acceptors (Lipinski definition) is 5. The lowest BCUT2D eigenvalue weighted by Gasteiger charge is -2.04. The number of ether oxygens (including phenoxy) is 1. The predicted octanol–water partition coefficient (Wildman–Crippen LogP) is 2.42. The summed E-state index contributed by atoms with van der Waals surface area (Å²) in [4.78, 5) is 16.5. The summed E-state index contributed by atoms with van der Waals surface area (Å²) >= 11 is 1.21. The van der Waals surface area contributed by atoms with Gasteiger partial charge < -0.3 is 4.74 Å². The minimum atomic E-state index is -0.428. The number of amides is 1. The highest BCUT2D eigenvalue weighted by molar-refractivity contribution is 7.13. The molecule has 1 heterocycles. The zero-order chi connectivity index (χ0) is 15.2. The van der Waals surface area contributed by atoms with E-state index >= 15 is 0 Å². The molecular weight excluding hydrogens is 293 g/mol. The second-order valence-electron chi connectivity index (χ2n) is 4.33. The van der Waals surface area contributed by atoms with Crippen molar-refractivity contribution in [2.45, 2.75) is 26.4 Å². The lowest BCUT2D eigenvalue weighted by molar-refractivity contribution is 0.0956. The molecule has 1 amide bonds. The zero-order valence-electron chi connectivity index (χ0n) is 11.6. The lowest BCUT2D eigenvalue weighted by Crippen LogP contribution is -2.30. The Balaban J connectivity index is 2.13. The van der Waals surface area contributed by atoms with Crippen molar-refractivity contribution in [3.63, 3.8) is 0 Å². The third-order valence-electron chi connectivity index (χ3n) is 2.75. The molecule has 0 aliphatic carbocycles. The van der Waals surface area contributed by atoms with E-state index in [4.69, 9.17) is 10.6 Å². The molecular formula is C14H16FN3O2S. The maximum atomic E-state index is 13.5. The van der Waals surface area contributed by atoms with E-state index in [2.05, 4.69) is 10.4 Å². The highest BCUT2D eigenvalue weighted by atomic mass is 32.1. The van der Waals surface area contributed by atoms with Gasteiger partial charge in [0.05, 0.1) is 5.69 Å². The van der Waals surface area contributed by atoms with E-state index in [1.807, 2.05) is 6.92 Å². The average molecular weight is 309 g/mol. The summed E-state index contributed by atoms with van der Waals surface area (Å²) in [6, 6.07) is 6.15. The Kier molecular flexibility index (Phi) is 5.24. The third kappa shape index (κ3) is 3.77. The number of carbonyl (C=O) groups excluding carboxylic acids is 1. The van der Waals surface area contributed by atoms with Gasteiger partial charge in [-0.25, -0.2) is 15.2 Å². The van der Waals surface area contributed by atoms with E-state index in [1.165, 1.54) is 17.4 Å². The van der Waals surface area contributed by atoms with Crippen molar-refractivity contribution in [1.29, 1.82) is 0 Å². The maximum absolute atomic E-state index is 13.5. The van der Waals surface area contributed by atoms with Crippen LogP contribution in [-0.2, 0) is 13.0 Å². The molecule has 0 saturated carbocycles. The van der Waals surface area contributed by atoms with Crippen molar-refractivity contribution in [2.75, 3.05) is 0 Å². The summed E-state index contributed by atoms with van der Waals surface area (Å²) < 4.78 is 18.9. The van der Waals surface area contributed by atoms with Crippen molar-refractivity contribution in [3.8, 4) is 5.75 Å². The van der Waals surface area contributed by atoms with Gasteiger partial charge in [-0.1, -0.05) is 25.5 Å². The number of hydrazine groups is 1. The zero-order valence-corrected chi connectivity index (χ0v) is 12.4. The summed E-state index contributed by atoms with van der Waals surface area (Å²) in [5, 5.41) is 0.611. The number of aryl methyl sites for hydroxylation is 1. The quantitative estimate of drug-likeness (QED) is 0.488. The molecule has 21 heavy (non-hydrogen) atoms. The summed E-state index contributed by atoms with van der Waals surface area (Å²) in [5.41, 5.74) is 2.80. The first kappa shape index (κ1) is 15.4. The van der Waals surface area contributed by atoms with E-state index in [1.54, 1.807) is 18.2 Å². The van der Waals surface area contributed by atoms with Gasteiger partial charge >= 0.3 is 0 Å². The smallest absolute Gasteiger partial charge is 0.277 e. The molecule has 2 rings (SSSR count). The largest absolute Gasteiger partial charge is 0.483 e. The normalized spacial score (nSPS) is 10.4. The number of nitrogens with zero attached hydrogens (tertiary/aromatic N) is 1. The maximum Gasteiger partial charge on any atom is 0.277 e. The molecule has 0 atom stereocenters. The second-order valence-corrected chi connectivity index (χ2v) is 5.41. The van der Waals surface area contributed by atoms with Crippen LogP contribution in [0.25, 0.3) is 0 Å². The number of halogens is 1. The fourth-order valence-electron chi connectivity index (χ4n) is 1.81. The monoisotopic (exact) mass is 309 g/mol. The SMILES string of the molecule is CCCc1nc(COc2ccccc2F)sc1C(=O)NN. The minimum Gasteiger partial charge on any atom is -0.483 e. The van der Waals surface area contributed by atoms with Crippen LogP contribution in [0.2, 0.25) is 0 Å². The molecule has 2 aromatic rings. The van der Waals surface area contributed by atoms with Gasteiger partial charge in [-0.2, -0.15) is 0 Å². The van der Waals surface area contributed by atoms with Crippen LogP contribution in [0, 0.1) is 5.82 Å². The van der Waals surface area contributed by atoms with Crippen molar-refractivity contribution < 1.29 is 13.9 Å². The van der Waals surface area contributed by atoms with Crippen LogP contribution in [0.15, 0.2) is 24.3 Å². The number of aromatic nitrogens is 1. The lowest BCUT2D eigenvalue weighted by atomic mass is 10.2. The fourth-order valence-corrected chi connectivity index (χ4v) is 2.74. The first-order valence-electron chi connectivity index (χ1n) is 6.52. The van der Waals surface area contributed by atoms with Gasteiger partial charge in [0.15, 0.2) is 11.6 Å². The van der Waals surface area contributed by atoms with Gasteiger partial charge in [-0.15, -0.1) is 11.3 Å². The number of carbonyl (C=O) groups is 1. The summed E-state index contributed by atoms with van der Waals surface area (Å²) in [7, 11) is 0. The molecule has 0 spiro atoms. The molecule has 0 aliphatic heterocycles. The summed E-state index contributed by atoms with van der Waals surface area (Å²) in [6.45, 7) is 2.11. The van der Waals surface area contributed by atoms with Gasteiger partial charge in [0.25, 0.3) is 5.91 Å². The Bertz CT molecular complexity index is 630. The van der Waals surface area contributed by atoms with Crippen LogP contribution < -0.4 is 16.0 Å². The number of rotatable bonds is 6. The number of thiazole rings is 1. The van der Waals surface area contributed by atoms with Crippen molar-refractivity contribution in [2.24, 2.45) is 5.84 Å². The Labute approximate surface area is 125 Å². The molecule has 0 bridgehead atoms. The van der Waals surface area contributed by atoms with Gasteiger partial charge in [-0.3, -0.25) is 10.2 Å². The van der Waals surface area contributed by atoms with E-state index in [0.29, 0.717) is 22.0 Å². The third-order valence-corrected chi connectivity index (χ3v) is 3.82. The van der Waals surface area contributed by atoms with Gasteiger partial charge in [0.2, 0.25) is 0 Å². The van der Waals surface area contributed by atoms with E-state index in [0.717, 1.165) is 6.42 Å². The summed E-state index contributed by atoms with van der Waals surface area (Å²) in [5.74, 6) is 4.53. The number of nitrogens with two attached hydrogens (primary N) is 1. The van der Waals surface area contributed by atoms with Gasteiger partial charge in [0.1, 0.15) is 16.5 Å². The highest BCUT2D eigenvalue weighted by Crippen LogP contribution is 2.23. The topological polar surface area (TPSA) is 77.2 Å². The van der Waals surface area contributed by atoms with E-state index in [-0.39, 0.29) is 18.3 Å². The molecule has 1 aromatic carbocycles. The average Bonchev–Trinajstić information content (AvgIpc) is 2.89. The predicted molar refractivity (Wildman–Crippen MR) is 78.5 cm³/mol.